The van der Waals surface area contributed by atoms with Crippen molar-refractivity contribution in [3.8, 4) is 0 Å². The maximum Gasteiger partial charge on any atom is 0.235 e. The summed E-state index contributed by atoms with van der Waals surface area (Å²) in [5.74, 6) is -1.11. The summed E-state index contributed by atoms with van der Waals surface area (Å²) in [6, 6.07) is 3.20. The van der Waals surface area contributed by atoms with Crippen LogP contribution >= 0.6 is 11.6 Å². The van der Waals surface area contributed by atoms with Crippen LogP contribution in [0, 0.1) is 13.8 Å². The third-order valence-electron chi connectivity index (χ3n) is 3.35. The molecule has 1 saturated heterocycles. The van der Waals surface area contributed by atoms with Crippen molar-refractivity contribution in [2.45, 2.75) is 32.7 Å². The van der Waals surface area contributed by atoms with Crippen molar-refractivity contribution in [3.05, 3.63) is 33.8 Å². The van der Waals surface area contributed by atoms with Crippen molar-refractivity contribution >= 4 is 23.3 Å². The number of carbonyl (C=O) groups excluding carboxylic acids is 2. The molecule has 1 aromatic rings. The number of aryl methyl sites for hydroxylation is 1. The quantitative estimate of drug-likeness (QED) is 0.778. The van der Waals surface area contributed by atoms with Crippen molar-refractivity contribution in [2.24, 2.45) is 0 Å². The Bertz CT molecular complexity index is 510. The fourth-order valence-electron chi connectivity index (χ4n) is 2.18. The van der Waals surface area contributed by atoms with Crippen LogP contribution in [0.15, 0.2) is 12.1 Å². The molecule has 2 unspecified atom stereocenters. The smallest absolute Gasteiger partial charge is 0.235 e. The van der Waals surface area contributed by atoms with Gasteiger partial charge in [-0.3, -0.25) is 9.59 Å². The average molecular weight is 252 g/mol. The van der Waals surface area contributed by atoms with Crippen molar-refractivity contribution in [1.29, 1.82) is 0 Å². The molecule has 1 aliphatic rings. The monoisotopic (exact) mass is 251 g/mol. The van der Waals surface area contributed by atoms with Gasteiger partial charge in [-0.15, -0.1) is 0 Å². The van der Waals surface area contributed by atoms with Crippen molar-refractivity contribution in [1.82, 2.24) is 5.32 Å². The molecule has 0 saturated carbocycles. The SMILES string of the molecule is Cc1ccc(Cl)c(C2C(=O)NC(C)C2=O)c1C. The van der Waals surface area contributed by atoms with E-state index in [0.29, 0.717) is 10.6 Å². The van der Waals surface area contributed by atoms with Gasteiger partial charge in [0.05, 0.1) is 6.04 Å². The van der Waals surface area contributed by atoms with Crippen LogP contribution in [-0.4, -0.2) is 17.7 Å². The molecule has 0 aromatic heterocycles. The molecule has 0 spiro atoms. The summed E-state index contributed by atoms with van der Waals surface area (Å²) < 4.78 is 0. The Hall–Kier alpha value is -1.35. The Morgan fingerprint density at radius 2 is 1.88 bits per heavy atom. The average Bonchev–Trinajstić information content (AvgIpc) is 2.51. The predicted molar refractivity (Wildman–Crippen MR) is 66.3 cm³/mol. The van der Waals surface area contributed by atoms with E-state index in [1.54, 1.807) is 13.0 Å². The second-order valence-corrected chi connectivity index (χ2v) is 4.88. The summed E-state index contributed by atoms with van der Waals surface area (Å²) >= 11 is 6.13. The first-order valence-corrected chi connectivity index (χ1v) is 5.91. The van der Waals surface area contributed by atoms with Crippen LogP contribution < -0.4 is 5.32 Å². The Labute approximate surface area is 105 Å². The number of Topliss-reactive ketones (excluding diaryl/α,β-unsaturated/α-hetero) is 1. The number of hydrogen-bond acceptors (Lipinski definition) is 2. The first-order chi connectivity index (χ1) is 7.93. The van der Waals surface area contributed by atoms with E-state index in [2.05, 4.69) is 5.32 Å². The number of hydrogen-bond donors (Lipinski definition) is 1. The first kappa shape index (κ1) is 12.1. The van der Waals surface area contributed by atoms with Gasteiger partial charge in [0.15, 0.2) is 5.78 Å². The molecule has 90 valence electrons. The Morgan fingerprint density at radius 1 is 1.24 bits per heavy atom. The molecule has 0 radical (unpaired) electrons. The zero-order valence-corrected chi connectivity index (χ0v) is 10.8. The van der Waals surface area contributed by atoms with Crippen LogP contribution in [0.1, 0.15) is 29.5 Å². The molecule has 4 heteroatoms. The van der Waals surface area contributed by atoms with E-state index in [-0.39, 0.29) is 11.7 Å². The molecule has 0 aliphatic carbocycles. The largest absolute Gasteiger partial charge is 0.346 e. The third kappa shape index (κ3) is 1.84. The minimum atomic E-state index is -0.752. The number of amides is 1. The number of halogens is 1. The highest BCUT2D eigenvalue weighted by Gasteiger charge is 2.41. The first-order valence-electron chi connectivity index (χ1n) is 5.53. The summed E-state index contributed by atoms with van der Waals surface area (Å²) in [5, 5.41) is 3.12. The van der Waals surface area contributed by atoms with E-state index in [1.165, 1.54) is 0 Å². The lowest BCUT2D eigenvalue weighted by molar-refractivity contribution is -0.124. The van der Waals surface area contributed by atoms with Crippen molar-refractivity contribution in [2.75, 3.05) is 0 Å². The molecular formula is C13H14ClNO2. The van der Waals surface area contributed by atoms with Crippen LogP contribution in [0.4, 0.5) is 0 Å². The summed E-state index contributed by atoms with van der Waals surface area (Å²) in [6.07, 6.45) is 0. The zero-order valence-electron chi connectivity index (χ0n) is 10.0. The molecule has 1 aromatic carbocycles. The van der Waals surface area contributed by atoms with Crippen LogP contribution in [0.3, 0.4) is 0 Å². The highest BCUT2D eigenvalue weighted by Crippen LogP contribution is 2.33. The molecule has 2 rings (SSSR count). The minimum Gasteiger partial charge on any atom is -0.346 e. The van der Waals surface area contributed by atoms with E-state index in [1.807, 2.05) is 19.9 Å². The van der Waals surface area contributed by atoms with Gasteiger partial charge in [-0.25, -0.2) is 0 Å². The van der Waals surface area contributed by atoms with Gasteiger partial charge in [-0.2, -0.15) is 0 Å². The van der Waals surface area contributed by atoms with Gasteiger partial charge in [-0.05, 0) is 43.5 Å². The summed E-state index contributed by atoms with van der Waals surface area (Å²) in [6.45, 7) is 5.52. The molecule has 0 bridgehead atoms. The van der Waals surface area contributed by atoms with E-state index >= 15 is 0 Å². The van der Waals surface area contributed by atoms with Crippen LogP contribution in [0.5, 0.6) is 0 Å². The van der Waals surface area contributed by atoms with Gasteiger partial charge in [0.2, 0.25) is 5.91 Å². The molecule has 1 N–H and O–H groups in total. The van der Waals surface area contributed by atoms with E-state index < -0.39 is 12.0 Å². The van der Waals surface area contributed by atoms with Crippen LogP contribution in [0.25, 0.3) is 0 Å². The topological polar surface area (TPSA) is 46.2 Å². The Kier molecular flexibility index (Phi) is 2.96. The highest BCUT2D eigenvalue weighted by molar-refractivity contribution is 6.32. The van der Waals surface area contributed by atoms with Gasteiger partial charge >= 0.3 is 0 Å². The number of benzene rings is 1. The summed E-state index contributed by atoms with van der Waals surface area (Å²) in [5.41, 5.74) is 2.60. The molecule has 1 aliphatic heterocycles. The zero-order chi connectivity index (χ0) is 12.7. The number of ketones is 1. The van der Waals surface area contributed by atoms with E-state index in [9.17, 15) is 9.59 Å². The van der Waals surface area contributed by atoms with Gasteiger partial charge < -0.3 is 5.32 Å². The summed E-state index contributed by atoms with van der Waals surface area (Å²) in [7, 11) is 0. The van der Waals surface area contributed by atoms with E-state index in [4.69, 9.17) is 11.6 Å². The van der Waals surface area contributed by atoms with Gasteiger partial charge in [-0.1, -0.05) is 17.7 Å². The molecule has 1 fully saturated rings. The van der Waals surface area contributed by atoms with Crippen molar-refractivity contribution in [3.63, 3.8) is 0 Å². The van der Waals surface area contributed by atoms with Crippen molar-refractivity contribution < 1.29 is 9.59 Å². The lowest BCUT2D eigenvalue weighted by atomic mass is 9.89. The highest BCUT2D eigenvalue weighted by atomic mass is 35.5. The minimum absolute atomic E-state index is 0.106. The Balaban J connectivity index is 2.58. The van der Waals surface area contributed by atoms with Crippen LogP contribution in [-0.2, 0) is 9.59 Å². The third-order valence-corrected chi connectivity index (χ3v) is 3.68. The predicted octanol–water partition coefficient (Wildman–Crippen LogP) is 2.13. The fourth-order valence-corrected chi connectivity index (χ4v) is 2.49. The molecule has 17 heavy (non-hydrogen) atoms. The second kappa shape index (κ2) is 4.15. The number of rotatable bonds is 1. The normalized spacial score (nSPS) is 24.0. The lowest BCUT2D eigenvalue weighted by Gasteiger charge is -2.14. The van der Waals surface area contributed by atoms with Crippen LogP contribution in [0.2, 0.25) is 5.02 Å². The lowest BCUT2D eigenvalue weighted by Crippen LogP contribution is -2.25. The van der Waals surface area contributed by atoms with E-state index in [0.717, 1.165) is 11.1 Å². The standard InChI is InChI=1S/C13H14ClNO2/c1-6-4-5-9(14)10(7(6)2)11-12(16)8(3)15-13(11)17/h4-5,8,11H,1-3H3,(H,15,17). The maximum absolute atomic E-state index is 12.0. The van der Waals surface area contributed by atoms with Gasteiger partial charge in [0.25, 0.3) is 0 Å². The summed E-state index contributed by atoms with van der Waals surface area (Å²) in [4.78, 5) is 23.8. The number of carbonyl (C=O) groups is 2. The number of nitrogens with one attached hydrogen (secondary N) is 1. The Morgan fingerprint density at radius 3 is 2.41 bits per heavy atom. The second-order valence-electron chi connectivity index (χ2n) is 4.47. The molecule has 3 nitrogen and oxygen atoms in total. The van der Waals surface area contributed by atoms with Gasteiger partial charge in [0, 0.05) is 5.02 Å². The van der Waals surface area contributed by atoms with Gasteiger partial charge in [0.1, 0.15) is 5.92 Å². The molecule has 1 amide bonds. The fraction of sp³-hybridized carbons (Fsp3) is 0.385. The molecule has 1 heterocycles. The maximum atomic E-state index is 12.0. The molecular weight excluding hydrogens is 238 g/mol. The molecule has 2 atom stereocenters.